The number of pyridine rings is 1. The zero-order valence-electron chi connectivity index (χ0n) is 6.33. The molecule has 0 aliphatic heterocycles. The van der Waals surface area contributed by atoms with E-state index in [0.717, 1.165) is 23.1 Å². The van der Waals surface area contributed by atoms with Crippen LogP contribution < -0.4 is 0 Å². The van der Waals surface area contributed by atoms with E-state index in [1.54, 1.807) is 6.20 Å². The third-order valence-corrected chi connectivity index (χ3v) is 1.73. The molecule has 56 valence electrons. The Morgan fingerprint density at radius 1 is 1.55 bits per heavy atom. The SMILES string of the molecule is CCc1n[nH]c2cccnc12. The van der Waals surface area contributed by atoms with E-state index in [9.17, 15) is 0 Å². The van der Waals surface area contributed by atoms with Crippen molar-refractivity contribution in [2.24, 2.45) is 0 Å². The molecule has 0 aliphatic rings. The topological polar surface area (TPSA) is 41.6 Å². The Morgan fingerprint density at radius 2 is 2.45 bits per heavy atom. The van der Waals surface area contributed by atoms with Gasteiger partial charge in [0, 0.05) is 6.20 Å². The van der Waals surface area contributed by atoms with Crippen molar-refractivity contribution in [3.05, 3.63) is 24.0 Å². The van der Waals surface area contributed by atoms with Crippen molar-refractivity contribution in [3.8, 4) is 0 Å². The van der Waals surface area contributed by atoms with Gasteiger partial charge in [0.05, 0.1) is 11.2 Å². The largest absolute Gasteiger partial charge is 0.276 e. The summed E-state index contributed by atoms with van der Waals surface area (Å²) in [6.45, 7) is 2.07. The summed E-state index contributed by atoms with van der Waals surface area (Å²) in [4.78, 5) is 4.22. The van der Waals surface area contributed by atoms with Crippen LogP contribution in [-0.2, 0) is 6.42 Å². The molecule has 0 amide bonds. The number of aromatic amines is 1. The molecule has 2 heterocycles. The van der Waals surface area contributed by atoms with Crippen LogP contribution >= 0.6 is 0 Å². The fraction of sp³-hybridized carbons (Fsp3) is 0.250. The van der Waals surface area contributed by atoms with E-state index in [-0.39, 0.29) is 0 Å². The van der Waals surface area contributed by atoms with Gasteiger partial charge in [-0.3, -0.25) is 10.1 Å². The molecule has 3 nitrogen and oxygen atoms in total. The standard InChI is InChI=1S/C8H9N3/c1-2-6-8-7(11-10-6)4-3-5-9-8/h3-5H,2H2,1H3,(H,10,11). The molecule has 0 aliphatic carbocycles. The second-order valence-corrected chi connectivity index (χ2v) is 2.42. The van der Waals surface area contributed by atoms with E-state index in [0.29, 0.717) is 0 Å². The van der Waals surface area contributed by atoms with Gasteiger partial charge in [-0.05, 0) is 18.6 Å². The summed E-state index contributed by atoms with van der Waals surface area (Å²) in [6.07, 6.45) is 2.72. The lowest BCUT2D eigenvalue weighted by Gasteiger charge is -1.87. The average molecular weight is 147 g/mol. The first-order valence-electron chi connectivity index (χ1n) is 3.70. The molecule has 0 unspecified atom stereocenters. The molecule has 3 heteroatoms. The summed E-state index contributed by atoms with van der Waals surface area (Å²) >= 11 is 0. The highest BCUT2D eigenvalue weighted by Gasteiger charge is 2.01. The Bertz CT molecular complexity index is 364. The van der Waals surface area contributed by atoms with Crippen LogP contribution in [0.5, 0.6) is 0 Å². The molecule has 0 spiro atoms. The number of hydrogen-bond acceptors (Lipinski definition) is 2. The molecular formula is C8H9N3. The monoisotopic (exact) mass is 147 g/mol. The Labute approximate surface area is 64.5 Å². The van der Waals surface area contributed by atoms with Gasteiger partial charge in [-0.25, -0.2) is 0 Å². The predicted molar refractivity (Wildman–Crippen MR) is 43.3 cm³/mol. The highest BCUT2D eigenvalue weighted by Crippen LogP contribution is 2.11. The molecule has 2 aromatic rings. The molecular weight excluding hydrogens is 138 g/mol. The highest BCUT2D eigenvalue weighted by molar-refractivity contribution is 5.76. The number of fused-ring (bicyclic) bond motifs is 1. The average Bonchev–Trinajstić information content (AvgIpc) is 2.47. The van der Waals surface area contributed by atoms with Gasteiger partial charge in [-0.2, -0.15) is 5.10 Å². The van der Waals surface area contributed by atoms with Crippen LogP contribution in [0.1, 0.15) is 12.6 Å². The molecule has 0 bridgehead atoms. The van der Waals surface area contributed by atoms with Crippen molar-refractivity contribution in [1.29, 1.82) is 0 Å². The number of nitrogens with zero attached hydrogens (tertiary/aromatic N) is 2. The second kappa shape index (κ2) is 2.34. The van der Waals surface area contributed by atoms with Crippen LogP contribution in [0.25, 0.3) is 11.0 Å². The quantitative estimate of drug-likeness (QED) is 0.664. The van der Waals surface area contributed by atoms with E-state index in [1.807, 2.05) is 12.1 Å². The van der Waals surface area contributed by atoms with Crippen molar-refractivity contribution in [2.75, 3.05) is 0 Å². The van der Waals surface area contributed by atoms with Gasteiger partial charge in [0.1, 0.15) is 5.52 Å². The minimum Gasteiger partial charge on any atom is -0.276 e. The molecule has 0 aromatic carbocycles. The number of rotatable bonds is 1. The Morgan fingerprint density at radius 3 is 3.27 bits per heavy atom. The lowest BCUT2D eigenvalue weighted by molar-refractivity contribution is 0.985. The van der Waals surface area contributed by atoms with Crippen LogP contribution in [-0.4, -0.2) is 15.2 Å². The lowest BCUT2D eigenvalue weighted by atomic mass is 10.3. The molecule has 0 radical (unpaired) electrons. The minimum atomic E-state index is 0.928. The number of hydrogen-bond donors (Lipinski definition) is 1. The number of H-pyrrole nitrogens is 1. The zero-order valence-corrected chi connectivity index (χ0v) is 6.33. The smallest absolute Gasteiger partial charge is 0.111 e. The maximum Gasteiger partial charge on any atom is 0.111 e. The second-order valence-electron chi connectivity index (χ2n) is 2.42. The normalized spacial score (nSPS) is 10.6. The van der Waals surface area contributed by atoms with Gasteiger partial charge < -0.3 is 0 Å². The molecule has 0 fully saturated rings. The van der Waals surface area contributed by atoms with Crippen molar-refractivity contribution in [2.45, 2.75) is 13.3 Å². The molecule has 2 rings (SSSR count). The molecule has 1 N–H and O–H groups in total. The maximum absolute atomic E-state index is 4.22. The van der Waals surface area contributed by atoms with Gasteiger partial charge in [-0.15, -0.1) is 0 Å². The van der Waals surface area contributed by atoms with Crippen LogP contribution in [0, 0.1) is 0 Å². The van der Waals surface area contributed by atoms with Crippen molar-refractivity contribution >= 4 is 11.0 Å². The van der Waals surface area contributed by atoms with Gasteiger partial charge in [-0.1, -0.05) is 6.92 Å². The summed E-state index contributed by atoms with van der Waals surface area (Å²) in [7, 11) is 0. The Balaban J connectivity index is 2.76. The van der Waals surface area contributed by atoms with Crippen LogP contribution in [0.15, 0.2) is 18.3 Å². The van der Waals surface area contributed by atoms with E-state index in [4.69, 9.17) is 0 Å². The number of aryl methyl sites for hydroxylation is 1. The van der Waals surface area contributed by atoms with Gasteiger partial charge in [0.25, 0.3) is 0 Å². The predicted octanol–water partition coefficient (Wildman–Crippen LogP) is 1.52. The van der Waals surface area contributed by atoms with E-state index >= 15 is 0 Å². The fourth-order valence-electron chi connectivity index (χ4n) is 1.15. The number of nitrogens with one attached hydrogen (secondary N) is 1. The molecule has 0 atom stereocenters. The van der Waals surface area contributed by atoms with Crippen LogP contribution in [0.2, 0.25) is 0 Å². The third kappa shape index (κ3) is 0.888. The summed E-state index contributed by atoms with van der Waals surface area (Å²) in [5.74, 6) is 0. The van der Waals surface area contributed by atoms with E-state index in [2.05, 4.69) is 22.1 Å². The molecule has 2 aromatic heterocycles. The first-order chi connectivity index (χ1) is 5.42. The lowest BCUT2D eigenvalue weighted by Crippen LogP contribution is -1.81. The molecule has 0 saturated heterocycles. The van der Waals surface area contributed by atoms with Crippen LogP contribution in [0.4, 0.5) is 0 Å². The zero-order chi connectivity index (χ0) is 7.68. The maximum atomic E-state index is 4.22. The van der Waals surface area contributed by atoms with E-state index < -0.39 is 0 Å². The van der Waals surface area contributed by atoms with Crippen molar-refractivity contribution in [3.63, 3.8) is 0 Å². The number of aromatic nitrogens is 3. The van der Waals surface area contributed by atoms with Gasteiger partial charge in [0.15, 0.2) is 0 Å². The summed E-state index contributed by atoms with van der Waals surface area (Å²) < 4.78 is 0. The first-order valence-corrected chi connectivity index (χ1v) is 3.70. The van der Waals surface area contributed by atoms with Crippen molar-refractivity contribution < 1.29 is 0 Å². The van der Waals surface area contributed by atoms with Gasteiger partial charge in [0.2, 0.25) is 0 Å². The molecule has 0 saturated carbocycles. The minimum absolute atomic E-state index is 0.928. The summed E-state index contributed by atoms with van der Waals surface area (Å²) in [6, 6.07) is 3.88. The van der Waals surface area contributed by atoms with Crippen LogP contribution in [0.3, 0.4) is 0 Å². The Kier molecular flexibility index (Phi) is 1.35. The van der Waals surface area contributed by atoms with Crippen molar-refractivity contribution in [1.82, 2.24) is 15.2 Å². The third-order valence-electron chi connectivity index (χ3n) is 1.73. The first kappa shape index (κ1) is 6.34. The fourth-order valence-corrected chi connectivity index (χ4v) is 1.15. The summed E-state index contributed by atoms with van der Waals surface area (Å²) in [5.41, 5.74) is 3.06. The summed E-state index contributed by atoms with van der Waals surface area (Å²) in [5, 5.41) is 7.05. The highest BCUT2D eigenvalue weighted by atomic mass is 15.1. The van der Waals surface area contributed by atoms with E-state index in [1.165, 1.54) is 0 Å². The van der Waals surface area contributed by atoms with Gasteiger partial charge >= 0.3 is 0 Å². The molecule has 11 heavy (non-hydrogen) atoms. The Hall–Kier alpha value is -1.38.